The summed E-state index contributed by atoms with van der Waals surface area (Å²) >= 11 is 6.35. The van der Waals surface area contributed by atoms with Crippen LogP contribution in [-0.2, 0) is 0 Å². The molecule has 3 heteroatoms. The highest BCUT2D eigenvalue weighted by Gasteiger charge is 2.24. The lowest BCUT2D eigenvalue weighted by atomic mass is 10.2. The molecule has 1 heterocycles. The number of thioether (sulfide) groups is 1. The summed E-state index contributed by atoms with van der Waals surface area (Å²) < 4.78 is 0. The van der Waals surface area contributed by atoms with Gasteiger partial charge >= 0.3 is 0 Å². The minimum atomic E-state index is 0.763. The van der Waals surface area contributed by atoms with Crippen molar-refractivity contribution in [3.8, 4) is 0 Å². The second-order valence-corrected chi connectivity index (χ2v) is 5.72. The van der Waals surface area contributed by atoms with E-state index in [1.54, 1.807) is 0 Å². The fourth-order valence-corrected chi connectivity index (χ4v) is 3.12. The quantitative estimate of drug-likeness (QED) is 0.572. The molecule has 0 saturated carbocycles. The molecule has 2 atom stereocenters. The van der Waals surface area contributed by atoms with Crippen LogP contribution in [0, 0.1) is 0 Å². The van der Waals surface area contributed by atoms with Crippen molar-refractivity contribution in [1.29, 1.82) is 0 Å². The second kappa shape index (κ2) is 6.20. The fourth-order valence-electron chi connectivity index (χ4n) is 1.74. The summed E-state index contributed by atoms with van der Waals surface area (Å²) in [7, 11) is 0. The number of hydrogen-bond donors (Lipinski definition) is 1. The highest BCUT2D eigenvalue weighted by atomic mass is 32.2. The number of nitrogens with zero attached hydrogens (tertiary/aromatic N) is 1. The summed E-state index contributed by atoms with van der Waals surface area (Å²) in [4.78, 5) is 2.63. The molecule has 0 bridgehead atoms. The van der Waals surface area contributed by atoms with Crippen LogP contribution in [0.25, 0.3) is 0 Å². The predicted molar refractivity (Wildman–Crippen MR) is 66.0 cm³/mol. The van der Waals surface area contributed by atoms with Crippen LogP contribution >= 0.6 is 24.4 Å². The van der Waals surface area contributed by atoms with Crippen molar-refractivity contribution in [2.75, 3.05) is 24.6 Å². The van der Waals surface area contributed by atoms with E-state index >= 15 is 0 Å². The SMILES string of the molecule is CC1SCCN(CCCCS)C1C. The van der Waals surface area contributed by atoms with Crippen LogP contribution in [0.15, 0.2) is 0 Å². The van der Waals surface area contributed by atoms with Crippen molar-refractivity contribution in [3.05, 3.63) is 0 Å². The van der Waals surface area contributed by atoms with Crippen molar-refractivity contribution >= 4 is 24.4 Å². The van der Waals surface area contributed by atoms with Crippen LogP contribution in [0.3, 0.4) is 0 Å². The molecule has 0 aliphatic carbocycles. The van der Waals surface area contributed by atoms with Crippen molar-refractivity contribution in [1.82, 2.24) is 4.90 Å². The summed E-state index contributed by atoms with van der Waals surface area (Å²) in [6.07, 6.45) is 2.57. The first-order valence-electron chi connectivity index (χ1n) is 5.22. The monoisotopic (exact) mass is 219 g/mol. The third-order valence-corrected chi connectivity index (χ3v) is 4.52. The molecule has 2 unspecified atom stereocenters. The van der Waals surface area contributed by atoms with Gasteiger partial charge in [0.25, 0.3) is 0 Å². The molecule has 1 rings (SSSR count). The molecule has 78 valence electrons. The summed E-state index contributed by atoms with van der Waals surface area (Å²) in [5, 5.41) is 0.810. The lowest BCUT2D eigenvalue weighted by Crippen LogP contribution is -2.44. The molecule has 0 aromatic heterocycles. The minimum Gasteiger partial charge on any atom is -0.299 e. The summed E-state index contributed by atoms with van der Waals surface area (Å²) in [6.45, 7) is 7.26. The molecule has 0 amide bonds. The molecule has 1 aliphatic heterocycles. The number of thiol groups is 1. The van der Waals surface area contributed by atoms with Gasteiger partial charge in [-0.05, 0) is 32.1 Å². The van der Waals surface area contributed by atoms with Gasteiger partial charge in [0, 0.05) is 23.6 Å². The summed E-state index contributed by atoms with van der Waals surface area (Å²) in [5.41, 5.74) is 0. The van der Waals surface area contributed by atoms with Crippen LogP contribution in [0.2, 0.25) is 0 Å². The molecule has 0 spiro atoms. The highest BCUT2D eigenvalue weighted by molar-refractivity contribution is 8.00. The van der Waals surface area contributed by atoms with Crippen molar-refractivity contribution in [3.63, 3.8) is 0 Å². The molecule has 0 N–H and O–H groups in total. The van der Waals surface area contributed by atoms with E-state index in [4.69, 9.17) is 0 Å². The van der Waals surface area contributed by atoms with E-state index in [1.807, 2.05) is 0 Å². The molecule has 1 aliphatic rings. The van der Waals surface area contributed by atoms with Crippen LogP contribution < -0.4 is 0 Å². The van der Waals surface area contributed by atoms with Gasteiger partial charge < -0.3 is 0 Å². The summed E-state index contributed by atoms with van der Waals surface area (Å²) in [6, 6.07) is 0.763. The van der Waals surface area contributed by atoms with E-state index < -0.39 is 0 Å². The van der Waals surface area contributed by atoms with Crippen molar-refractivity contribution in [2.45, 2.75) is 38.0 Å². The predicted octanol–water partition coefficient (Wildman–Crippen LogP) is 2.52. The minimum absolute atomic E-state index is 0.763. The maximum Gasteiger partial charge on any atom is 0.0184 e. The van der Waals surface area contributed by atoms with Gasteiger partial charge in [0.1, 0.15) is 0 Å². The summed E-state index contributed by atoms with van der Waals surface area (Å²) in [5.74, 6) is 2.35. The number of rotatable bonds is 4. The number of hydrogen-bond acceptors (Lipinski definition) is 3. The average Bonchev–Trinajstić information content (AvgIpc) is 2.13. The smallest absolute Gasteiger partial charge is 0.0184 e. The maximum absolute atomic E-state index is 4.24. The van der Waals surface area contributed by atoms with Crippen LogP contribution in [0.5, 0.6) is 0 Å². The Kier molecular flexibility index (Phi) is 5.60. The van der Waals surface area contributed by atoms with Gasteiger partial charge in [-0.25, -0.2) is 0 Å². The van der Waals surface area contributed by atoms with E-state index in [1.165, 1.54) is 31.7 Å². The van der Waals surface area contributed by atoms with Crippen molar-refractivity contribution in [2.24, 2.45) is 0 Å². The van der Waals surface area contributed by atoms with Gasteiger partial charge in [-0.15, -0.1) is 0 Å². The lowest BCUT2D eigenvalue weighted by Gasteiger charge is -2.37. The Bertz CT molecular complexity index is 141. The Balaban J connectivity index is 2.23. The van der Waals surface area contributed by atoms with Crippen LogP contribution in [-0.4, -0.2) is 40.8 Å². The largest absolute Gasteiger partial charge is 0.299 e. The first kappa shape index (κ1) is 11.7. The van der Waals surface area contributed by atoms with E-state index in [0.717, 1.165) is 17.0 Å². The van der Waals surface area contributed by atoms with Gasteiger partial charge in [0.15, 0.2) is 0 Å². The fraction of sp³-hybridized carbons (Fsp3) is 1.00. The first-order valence-corrected chi connectivity index (χ1v) is 6.90. The van der Waals surface area contributed by atoms with Gasteiger partial charge in [0.2, 0.25) is 0 Å². The molecular formula is C10H21NS2. The molecule has 13 heavy (non-hydrogen) atoms. The first-order chi connectivity index (χ1) is 6.25. The Labute approximate surface area is 92.1 Å². The van der Waals surface area contributed by atoms with Gasteiger partial charge in [-0.2, -0.15) is 24.4 Å². The van der Waals surface area contributed by atoms with E-state index in [0.29, 0.717) is 0 Å². The van der Waals surface area contributed by atoms with E-state index in [2.05, 4.69) is 43.1 Å². The average molecular weight is 219 g/mol. The van der Waals surface area contributed by atoms with Gasteiger partial charge in [-0.1, -0.05) is 6.92 Å². The normalized spacial score (nSPS) is 30.7. The van der Waals surface area contributed by atoms with Crippen LogP contribution in [0.4, 0.5) is 0 Å². The zero-order valence-corrected chi connectivity index (χ0v) is 10.4. The molecule has 1 saturated heterocycles. The van der Waals surface area contributed by atoms with Crippen molar-refractivity contribution < 1.29 is 0 Å². The Hall–Kier alpha value is 0.660. The third-order valence-electron chi connectivity index (χ3n) is 2.87. The zero-order valence-electron chi connectivity index (χ0n) is 8.70. The third kappa shape index (κ3) is 3.72. The molecule has 0 aromatic rings. The highest BCUT2D eigenvalue weighted by Crippen LogP contribution is 2.24. The second-order valence-electron chi connectivity index (χ2n) is 3.78. The Morgan fingerprint density at radius 3 is 2.85 bits per heavy atom. The zero-order chi connectivity index (χ0) is 9.68. The topological polar surface area (TPSA) is 3.24 Å². The van der Waals surface area contributed by atoms with E-state index in [-0.39, 0.29) is 0 Å². The standard InChI is InChI=1S/C10H21NS2/c1-9-10(2)13-8-6-11(9)5-3-4-7-12/h9-10,12H,3-8H2,1-2H3. The van der Waals surface area contributed by atoms with E-state index in [9.17, 15) is 0 Å². The van der Waals surface area contributed by atoms with Gasteiger partial charge in [0.05, 0.1) is 0 Å². The molecule has 1 nitrogen and oxygen atoms in total. The molecule has 0 aromatic carbocycles. The van der Waals surface area contributed by atoms with Crippen LogP contribution in [0.1, 0.15) is 26.7 Å². The Morgan fingerprint density at radius 2 is 2.15 bits per heavy atom. The lowest BCUT2D eigenvalue weighted by molar-refractivity contribution is 0.210. The molecular weight excluding hydrogens is 198 g/mol. The number of unbranched alkanes of at least 4 members (excludes halogenated alkanes) is 1. The molecule has 1 fully saturated rings. The Morgan fingerprint density at radius 1 is 1.38 bits per heavy atom. The molecule has 0 radical (unpaired) electrons. The van der Waals surface area contributed by atoms with Gasteiger partial charge in [-0.3, -0.25) is 4.90 Å². The maximum atomic E-state index is 4.24.